The molecule has 0 saturated carbocycles. The van der Waals surface area contributed by atoms with Gasteiger partial charge in [-0.15, -0.1) is 12.4 Å². The maximum atomic E-state index is 12.4. The van der Waals surface area contributed by atoms with Crippen LogP contribution in [0.3, 0.4) is 0 Å². The molecule has 0 unspecified atom stereocenters. The Bertz CT molecular complexity index is 606. The van der Waals surface area contributed by atoms with Crippen molar-refractivity contribution in [2.45, 2.75) is 33.2 Å². The number of halogens is 1. The van der Waals surface area contributed by atoms with Gasteiger partial charge >= 0.3 is 0 Å². The molecule has 0 amide bonds. The minimum atomic E-state index is 0. The first-order valence-corrected chi connectivity index (χ1v) is 7.42. The Morgan fingerprint density at radius 2 is 1.76 bits per heavy atom. The van der Waals surface area contributed by atoms with Gasteiger partial charge in [0.25, 0.3) is 5.56 Å². The zero-order chi connectivity index (χ0) is 14.4. The first kappa shape index (κ1) is 17.7. The highest BCUT2D eigenvalue weighted by molar-refractivity contribution is 5.85. The smallest absolute Gasteiger partial charge is 0.261 e. The maximum absolute atomic E-state index is 12.4. The second-order valence-corrected chi connectivity index (χ2v) is 5.10. The first-order valence-electron chi connectivity index (χ1n) is 7.42. The van der Waals surface area contributed by atoms with Crippen LogP contribution >= 0.6 is 12.4 Å². The van der Waals surface area contributed by atoms with Gasteiger partial charge in [0.05, 0.1) is 17.2 Å². The van der Waals surface area contributed by atoms with E-state index in [0.29, 0.717) is 11.9 Å². The topological polar surface area (TPSA) is 38.1 Å². The Morgan fingerprint density at radius 3 is 2.43 bits per heavy atom. The highest BCUT2D eigenvalue weighted by atomic mass is 35.5. The van der Waals surface area contributed by atoms with Crippen LogP contribution in [0.2, 0.25) is 0 Å². The van der Waals surface area contributed by atoms with E-state index in [9.17, 15) is 4.79 Å². The van der Waals surface area contributed by atoms with Crippen LogP contribution in [0.25, 0.3) is 10.9 Å². The summed E-state index contributed by atoms with van der Waals surface area (Å²) in [4.78, 5) is 19.1. The molecule has 0 aliphatic carbocycles. The number of hydrogen-bond acceptors (Lipinski definition) is 3. The summed E-state index contributed by atoms with van der Waals surface area (Å²) < 4.78 is 1.72. The predicted octanol–water partition coefficient (Wildman–Crippen LogP) is 2.94. The van der Waals surface area contributed by atoms with E-state index in [1.807, 2.05) is 24.3 Å². The van der Waals surface area contributed by atoms with Crippen molar-refractivity contribution in [1.29, 1.82) is 0 Å². The maximum Gasteiger partial charge on any atom is 0.261 e. The number of fused-ring (bicyclic) bond motifs is 1. The Labute approximate surface area is 132 Å². The van der Waals surface area contributed by atoms with Crippen LogP contribution in [0.15, 0.2) is 35.4 Å². The fraction of sp³-hybridized carbons (Fsp3) is 0.500. The van der Waals surface area contributed by atoms with Crippen molar-refractivity contribution in [1.82, 2.24) is 14.5 Å². The van der Waals surface area contributed by atoms with E-state index in [4.69, 9.17) is 0 Å². The van der Waals surface area contributed by atoms with E-state index < -0.39 is 0 Å². The van der Waals surface area contributed by atoms with E-state index >= 15 is 0 Å². The van der Waals surface area contributed by atoms with Crippen LogP contribution in [0.5, 0.6) is 0 Å². The van der Waals surface area contributed by atoms with Crippen molar-refractivity contribution in [2.24, 2.45) is 0 Å². The normalized spacial score (nSPS) is 10.8. The van der Waals surface area contributed by atoms with Crippen LogP contribution in [-0.2, 0) is 6.54 Å². The summed E-state index contributed by atoms with van der Waals surface area (Å²) in [5.41, 5.74) is 0.830. The van der Waals surface area contributed by atoms with Crippen molar-refractivity contribution in [2.75, 3.05) is 19.6 Å². The molecule has 1 aromatic heterocycles. The quantitative estimate of drug-likeness (QED) is 0.789. The standard InChI is InChI=1S/C16H23N3O.ClH/c1-3-9-18(10-4-2)11-12-19-13-17-15-8-6-5-7-14(15)16(19)20;/h5-8,13H,3-4,9-12H2,1-2H3;1H. The van der Waals surface area contributed by atoms with Gasteiger partial charge in [0.2, 0.25) is 0 Å². The van der Waals surface area contributed by atoms with Gasteiger partial charge in [0, 0.05) is 13.1 Å². The monoisotopic (exact) mass is 309 g/mol. The molecule has 0 N–H and O–H groups in total. The summed E-state index contributed by atoms with van der Waals surface area (Å²) in [6.45, 7) is 8.16. The zero-order valence-corrected chi connectivity index (χ0v) is 13.6. The lowest BCUT2D eigenvalue weighted by Crippen LogP contribution is -2.32. The molecule has 0 spiro atoms. The lowest BCUT2D eigenvalue weighted by atomic mass is 10.2. The van der Waals surface area contributed by atoms with Gasteiger partial charge in [-0.2, -0.15) is 0 Å². The summed E-state index contributed by atoms with van der Waals surface area (Å²) in [6, 6.07) is 7.51. The second-order valence-electron chi connectivity index (χ2n) is 5.10. The fourth-order valence-electron chi connectivity index (χ4n) is 2.48. The number of para-hydroxylation sites is 1. The molecule has 0 radical (unpaired) electrons. The third kappa shape index (κ3) is 4.55. The molecule has 21 heavy (non-hydrogen) atoms. The molecule has 1 aromatic carbocycles. The lowest BCUT2D eigenvalue weighted by Gasteiger charge is -2.21. The number of benzene rings is 1. The summed E-state index contributed by atoms with van der Waals surface area (Å²) >= 11 is 0. The average molecular weight is 310 g/mol. The largest absolute Gasteiger partial charge is 0.302 e. The van der Waals surface area contributed by atoms with E-state index in [1.165, 1.54) is 0 Å². The molecule has 0 aliphatic heterocycles. The molecule has 2 aromatic rings. The summed E-state index contributed by atoms with van der Waals surface area (Å²) in [5.74, 6) is 0. The van der Waals surface area contributed by atoms with Gasteiger partial charge in [-0.25, -0.2) is 4.98 Å². The number of nitrogens with zero attached hydrogens (tertiary/aromatic N) is 3. The molecule has 0 atom stereocenters. The molecule has 1 heterocycles. The molecule has 4 nitrogen and oxygen atoms in total. The van der Waals surface area contributed by atoms with Gasteiger partial charge < -0.3 is 4.90 Å². The van der Waals surface area contributed by atoms with Crippen molar-refractivity contribution < 1.29 is 0 Å². The first-order chi connectivity index (χ1) is 9.76. The van der Waals surface area contributed by atoms with Gasteiger partial charge in [0.15, 0.2) is 0 Å². The van der Waals surface area contributed by atoms with Gasteiger partial charge in [-0.1, -0.05) is 26.0 Å². The highest BCUT2D eigenvalue weighted by Gasteiger charge is 2.06. The Hall–Kier alpha value is -1.39. The summed E-state index contributed by atoms with van der Waals surface area (Å²) in [5, 5.41) is 0.701. The van der Waals surface area contributed by atoms with Crippen molar-refractivity contribution in [3.63, 3.8) is 0 Å². The zero-order valence-electron chi connectivity index (χ0n) is 12.8. The SMILES string of the molecule is CCCN(CCC)CCn1cnc2ccccc2c1=O.Cl. The Kier molecular flexibility index (Phi) is 7.40. The molecule has 0 aliphatic rings. The molecular formula is C16H24ClN3O. The molecule has 0 bridgehead atoms. The van der Waals surface area contributed by atoms with E-state index in [2.05, 4.69) is 23.7 Å². The Morgan fingerprint density at radius 1 is 1.10 bits per heavy atom. The van der Waals surface area contributed by atoms with Crippen molar-refractivity contribution in [3.8, 4) is 0 Å². The van der Waals surface area contributed by atoms with E-state index in [-0.39, 0.29) is 18.0 Å². The van der Waals surface area contributed by atoms with Crippen LogP contribution in [0.1, 0.15) is 26.7 Å². The second kappa shape index (κ2) is 8.80. The average Bonchev–Trinajstić information content (AvgIpc) is 2.47. The molecule has 2 rings (SSSR count). The minimum Gasteiger partial charge on any atom is -0.302 e. The van der Waals surface area contributed by atoms with Gasteiger partial charge in [-0.05, 0) is 38.1 Å². The van der Waals surface area contributed by atoms with Crippen LogP contribution < -0.4 is 5.56 Å². The Balaban J connectivity index is 0.00000220. The molecule has 116 valence electrons. The minimum absolute atomic E-state index is 0. The van der Waals surface area contributed by atoms with Gasteiger partial charge in [-0.3, -0.25) is 9.36 Å². The highest BCUT2D eigenvalue weighted by Crippen LogP contribution is 2.04. The number of hydrogen-bond donors (Lipinski definition) is 0. The summed E-state index contributed by atoms with van der Waals surface area (Å²) in [7, 11) is 0. The fourth-order valence-corrected chi connectivity index (χ4v) is 2.48. The van der Waals surface area contributed by atoms with Crippen LogP contribution in [0.4, 0.5) is 0 Å². The van der Waals surface area contributed by atoms with Crippen molar-refractivity contribution in [3.05, 3.63) is 40.9 Å². The van der Waals surface area contributed by atoms with Crippen LogP contribution in [-0.4, -0.2) is 34.1 Å². The molecule has 0 fully saturated rings. The lowest BCUT2D eigenvalue weighted by molar-refractivity contribution is 0.262. The predicted molar refractivity (Wildman–Crippen MR) is 90.3 cm³/mol. The van der Waals surface area contributed by atoms with E-state index in [1.54, 1.807) is 10.9 Å². The van der Waals surface area contributed by atoms with E-state index in [0.717, 1.165) is 38.0 Å². The van der Waals surface area contributed by atoms with Gasteiger partial charge in [0.1, 0.15) is 0 Å². The molecule has 5 heteroatoms. The molecule has 0 saturated heterocycles. The third-order valence-corrected chi connectivity index (χ3v) is 3.47. The molecular weight excluding hydrogens is 286 g/mol. The number of rotatable bonds is 7. The third-order valence-electron chi connectivity index (χ3n) is 3.47. The number of aromatic nitrogens is 2. The van der Waals surface area contributed by atoms with Crippen LogP contribution in [0, 0.1) is 0 Å². The van der Waals surface area contributed by atoms with Crippen molar-refractivity contribution >= 4 is 23.3 Å². The summed E-state index contributed by atoms with van der Waals surface area (Å²) in [6.07, 6.45) is 3.95.